The quantitative estimate of drug-likeness (QED) is 0.156. The van der Waals surface area contributed by atoms with Gasteiger partial charge in [0.2, 0.25) is 5.88 Å². The monoisotopic (exact) mass is 596 g/mol. The van der Waals surface area contributed by atoms with Gasteiger partial charge in [-0.05, 0) is 85.7 Å². The number of nitrogens with zero attached hydrogens (tertiary/aromatic N) is 2. The summed E-state index contributed by atoms with van der Waals surface area (Å²) in [6, 6.07) is 33.2. The van der Waals surface area contributed by atoms with Gasteiger partial charge in [0.15, 0.2) is 0 Å². The highest BCUT2D eigenvalue weighted by Crippen LogP contribution is 2.48. The van der Waals surface area contributed by atoms with Crippen molar-refractivity contribution in [3.63, 3.8) is 0 Å². The molecule has 0 spiro atoms. The second-order valence-corrected chi connectivity index (χ2v) is 11.8. The number of unbranched alkanes of at least 4 members (excludes halogenated alkanes) is 2. The molecule has 0 radical (unpaired) electrons. The van der Waals surface area contributed by atoms with Crippen molar-refractivity contribution in [2.75, 3.05) is 27.7 Å². The van der Waals surface area contributed by atoms with Crippen molar-refractivity contribution in [3.8, 4) is 5.88 Å². The first-order valence-corrected chi connectivity index (χ1v) is 14.7. The summed E-state index contributed by atoms with van der Waals surface area (Å²) in [7, 11) is 5.87. The largest absolute Gasteiger partial charge is 0.481 e. The van der Waals surface area contributed by atoms with Crippen molar-refractivity contribution in [1.82, 2.24) is 9.88 Å². The van der Waals surface area contributed by atoms with E-state index in [9.17, 15) is 5.11 Å². The van der Waals surface area contributed by atoms with E-state index in [-0.39, 0.29) is 0 Å². The van der Waals surface area contributed by atoms with Gasteiger partial charge in [-0.1, -0.05) is 95.5 Å². The number of aromatic nitrogens is 1. The first-order valence-electron chi connectivity index (χ1n) is 13.9. The average Bonchev–Trinajstić information content (AvgIpc) is 2.97. The van der Waals surface area contributed by atoms with E-state index in [0.717, 1.165) is 68.6 Å². The number of ether oxygens (including phenoxy) is 1. The summed E-state index contributed by atoms with van der Waals surface area (Å²) in [6.45, 7) is 1.04. The van der Waals surface area contributed by atoms with Crippen molar-refractivity contribution in [2.24, 2.45) is 0 Å². The highest BCUT2D eigenvalue weighted by atomic mass is 79.9. The highest BCUT2D eigenvalue weighted by Gasteiger charge is 2.42. The summed E-state index contributed by atoms with van der Waals surface area (Å²) in [6.07, 6.45) is 3.63. The Hall–Kier alpha value is -3.25. The first kappa shape index (κ1) is 28.3. The summed E-state index contributed by atoms with van der Waals surface area (Å²) >= 11 is 3.62. The van der Waals surface area contributed by atoms with Crippen molar-refractivity contribution in [1.29, 1.82) is 0 Å². The van der Waals surface area contributed by atoms with Gasteiger partial charge in [0.1, 0.15) is 5.60 Å². The maximum Gasteiger partial charge on any atom is 0.217 e. The Balaban J connectivity index is 1.70. The molecule has 5 heteroatoms. The minimum atomic E-state index is -1.20. The minimum absolute atomic E-state index is 0.394. The molecule has 1 heterocycles. The third-order valence-electron chi connectivity index (χ3n) is 7.80. The second kappa shape index (κ2) is 12.5. The number of benzene rings is 4. The van der Waals surface area contributed by atoms with Crippen LogP contribution in [0.4, 0.5) is 0 Å². The number of pyridine rings is 1. The predicted octanol–water partition coefficient (Wildman–Crippen LogP) is 8.30. The Morgan fingerprint density at radius 3 is 2.33 bits per heavy atom. The van der Waals surface area contributed by atoms with E-state index < -0.39 is 11.5 Å². The molecule has 2 atom stereocenters. The second-order valence-electron chi connectivity index (χ2n) is 10.9. The van der Waals surface area contributed by atoms with Crippen LogP contribution in [0.2, 0.25) is 0 Å². The first-order chi connectivity index (χ1) is 19.4. The van der Waals surface area contributed by atoms with E-state index in [1.54, 1.807) is 7.11 Å². The molecule has 1 N–H and O–H groups in total. The molecule has 0 bridgehead atoms. The molecule has 0 aliphatic heterocycles. The van der Waals surface area contributed by atoms with E-state index >= 15 is 0 Å². The average molecular weight is 598 g/mol. The maximum atomic E-state index is 13.1. The molecule has 4 aromatic carbocycles. The number of methoxy groups -OCH3 is 1. The smallest absolute Gasteiger partial charge is 0.217 e. The van der Waals surface area contributed by atoms with E-state index in [1.165, 1.54) is 0 Å². The summed E-state index contributed by atoms with van der Waals surface area (Å²) in [5.74, 6) is 0.144. The lowest BCUT2D eigenvalue weighted by molar-refractivity contribution is 0.00707. The van der Waals surface area contributed by atoms with Crippen molar-refractivity contribution in [3.05, 3.63) is 118 Å². The van der Waals surface area contributed by atoms with Gasteiger partial charge in [0.05, 0.1) is 12.6 Å². The van der Waals surface area contributed by atoms with E-state index in [2.05, 4.69) is 102 Å². The molecule has 0 saturated carbocycles. The van der Waals surface area contributed by atoms with Gasteiger partial charge < -0.3 is 14.7 Å². The van der Waals surface area contributed by atoms with Crippen molar-refractivity contribution >= 4 is 37.6 Å². The molecule has 206 valence electrons. The SMILES string of the molecule is COc1nc2ccc(Br)cc2cc1C(c1ccccc1)C(O)(CCCCCN(C)C)c1ccc2ccccc2c1. The van der Waals surface area contributed by atoms with E-state index in [1.807, 2.05) is 30.3 Å². The Bertz CT molecular complexity index is 1590. The topological polar surface area (TPSA) is 45.6 Å². The maximum absolute atomic E-state index is 13.1. The molecule has 5 rings (SSSR count). The van der Waals surface area contributed by atoms with Gasteiger partial charge in [0, 0.05) is 21.3 Å². The fourth-order valence-corrected chi connectivity index (χ4v) is 6.17. The van der Waals surface area contributed by atoms with Crippen LogP contribution in [0.5, 0.6) is 5.88 Å². The van der Waals surface area contributed by atoms with Crippen LogP contribution in [0.1, 0.15) is 48.3 Å². The lowest BCUT2D eigenvalue weighted by Crippen LogP contribution is -2.35. The standard InChI is InChI=1S/C35H37BrN2O2/c1-38(2)21-11-5-10-20-35(39,29-17-16-25-12-8-9-15-27(25)22-29)33(26-13-6-4-7-14-26)31-24-28-23-30(36)18-19-32(28)37-34(31)40-3/h4,6-9,12-19,22-24,33,39H,5,10-11,20-21H2,1-3H3. The fourth-order valence-electron chi connectivity index (χ4n) is 5.79. The van der Waals surface area contributed by atoms with E-state index in [0.29, 0.717) is 12.3 Å². The summed E-state index contributed by atoms with van der Waals surface area (Å²) in [4.78, 5) is 7.12. The van der Waals surface area contributed by atoms with Gasteiger partial charge >= 0.3 is 0 Å². The molecule has 0 fully saturated rings. The minimum Gasteiger partial charge on any atom is -0.481 e. The zero-order valence-corrected chi connectivity index (χ0v) is 25.1. The van der Waals surface area contributed by atoms with Crippen LogP contribution >= 0.6 is 15.9 Å². The zero-order valence-electron chi connectivity index (χ0n) is 23.5. The van der Waals surface area contributed by atoms with Gasteiger partial charge in [-0.3, -0.25) is 0 Å². The van der Waals surface area contributed by atoms with Crippen LogP contribution in [0.15, 0.2) is 102 Å². The predicted molar refractivity (Wildman–Crippen MR) is 169 cm³/mol. The number of fused-ring (bicyclic) bond motifs is 2. The van der Waals surface area contributed by atoms with Crippen LogP contribution in [-0.4, -0.2) is 42.7 Å². The molecule has 40 heavy (non-hydrogen) atoms. The molecule has 1 aromatic heterocycles. The van der Waals surface area contributed by atoms with Crippen molar-refractivity contribution in [2.45, 2.75) is 37.2 Å². The molecule has 2 unspecified atom stereocenters. The Kier molecular flexibility index (Phi) is 8.84. The Labute approximate surface area is 245 Å². The van der Waals surface area contributed by atoms with Gasteiger partial charge in [-0.15, -0.1) is 0 Å². The third-order valence-corrected chi connectivity index (χ3v) is 8.29. The van der Waals surface area contributed by atoms with Gasteiger partial charge in [-0.2, -0.15) is 0 Å². The lowest BCUT2D eigenvalue weighted by Gasteiger charge is -2.38. The number of hydrogen-bond acceptors (Lipinski definition) is 4. The molecular weight excluding hydrogens is 560 g/mol. The normalized spacial score (nSPS) is 13.9. The lowest BCUT2D eigenvalue weighted by atomic mass is 9.70. The molecule has 0 aliphatic carbocycles. The van der Waals surface area contributed by atoms with Crippen LogP contribution < -0.4 is 4.74 Å². The molecule has 4 nitrogen and oxygen atoms in total. The Morgan fingerprint density at radius 2 is 1.57 bits per heavy atom. The van der Waals surface area contributed by atoms with Crippen LogP contribution in [0, 0.1) is 0 Å². The Morgan fingerprint density at radius 1 is 0.825 bits per heavy atom. The van der Waals surface area contributed by atoms with Gasteiger partial charge in [0.25, 0.3) is 0 Å². The number of hydrogen-bond donors (Lipinski definition) is 1. The molecule has 0 aliphatic rings. The number of halogens is 1. The summed E-state index contributed by atoms with van der Waals surface area (Å²) in [5, 5.41) is 16.3. The van der Waals surface area contributed by atoms with Gasteiger partial charge in [-0.25, -0.2) is 4.98 Å². The molecule has 0 amide bonds. The van der Waals surface area contributed by atoms with Crippen molar-refractivity contribution < 1.29 is 9.84 Å². The summed E-state index contributed by atoms with van der Waals surface area (Å²) in [5.41, 5.74) is 2.47. The third kappa shape index (κ3) is 6.07. The number of rotatable bonds is 11. The highest BCUT2D eigenvalue weighted by molar-refractivity contribution is 9.10. The fraction of sp³-hybridized carbons (Fsp3) is 0.286. The van der Waals surface area contributed by atoms with Crippen LogP contribution in [0.3, 0.4) is 0 Å². The molecule has 0 saturated heterocycles. The molecule has 5 aromatic rings. The van der Waals surface area contributed by atoms with Crippen LogP contribution in [0.25, 0.3) is 21.7 Å². The summed E-state index contributed by atoms with van der Waals surface area (Å²) < 4.78 is 6.90. The van der Waals surface area contributed by atoms with E-state index in [4.69, 9.17) is 9.72 Å². The number of aliphatic hydroxyl groups is 1. The molecular formula is C35H37BrN2O2. The van der Waals surface area contributed by atoms with Crippen LogP contribution in [-0.2, 0) is 5.60 Å². The zero-order chi connectivity index (χ0) is 28.1.